The van der Waals surface area contributed by atoms with Crippen LogP contribution in [0.25, 0.3) is 0 Å². The first-order valence-corrected chi connectivity index (χ1v) is 7.42. The third-order valence-electron chi connectivity index (χ3n) is 4.79. The fourth-order valence-corrected chi connectivity index (χ4v) is 3.39. The molecule has 0 aromatic carbocycles. The van der Waals surface area contributed by atoms with Crippen LogP contribution >= 0.6 is 0 Å². The van der Waals surface area contributed by atoms with Gasteiger partial charge in [-0.05, 0) is 35.0 Å². The third-order valence-corrected chi connectivity index (χ3v) is 4.79. The second-order valence-corrected chi connectivity index (χ2v) is 8.11. The van der Waals surface area contributed by atoms with E-state index in [1.165, 1.54) is 6.29 Å². The van der Waals surface area contributed by atoms with Crippen LogP contribution in [0.3, 0.4) is 0 Å². The molecular weight excluding hydrogens is 220 g/mol. The normalized spacial score (nSPS) is 20.1. The van der Waals surface area contributed by atoms with Gasteiger partial charge in [0.15, 0.2) is 0 Å². The Morgan fingerprint density at radius 3 is 1.61 bits per heavy atom. The molecule has 4 unspecified atom stereocenters. The second kappa shape index (κ2) is 6.21. The standard InChI is InChI=1S/C17H34O/c1-10-14(11-18)12(2)15(17(7,8)9)13(3)16(4,5)6/h11-15H,10H2,1-9H3. The molecule has 1 nitrogen and oxygen atoms in total. The van der Waals surface area contributed by atoms with Gasteiger partial charge in [-0.3, -0.25) is 0 Å². The van der Waals surface area contributed by atoms with Crippen LogP contribution in [0.5, 0.6) is 0 Å². The quantitative estimate of drug-likeness (QED) is 0.617. The number of carbonyl (C=O) groups excluding carboxylic acids is 1. The Kier molecular flexibility index (Phi) is 6.10. The molecule has 0 fully saturated rings. The number of carbonyl (C=O) groups is 1. The fraction of sp³-hybridized carbons (Fsp3) is 0.941. The summed E-state index contributed by atoms with van der Waals surface area (Å²) in [4.78, 5) is 11.3. The van der Waals surface area contributed by atoms with E-state index < -0.39 is 0 Å². The molecule has 1 heteroatoms. The zero-order valence-corrected chi connectivity index (χ0v) is 14.0. The summed E-state index contributed by atoms with van der Waals surface area (Å²) in [5.74, 6) is 1.80. The molecule has 0 spiro atoms. The van der Waals surface area contributed by atoms with E-state index in [2.05, 4.69) is 62.3 Å². The average Bonchev–Trinajstić information content (AvgIpc) is 2.15. The number of hydrogen-bond donors (Lipinski definition) is 0. The van der Waals surface area contributed by atoms with E-state index in [9.17, 15) is 4.79 Å². The highest BCUT2D eigenvalue weighted by molar-refractivity contribution is 5.53. The highest BCUT2D eigenvalue weighted by Crippen LogP contribution is 2.47. The van der Waals surface area contributed by atoms with E-state index in [-0.39, 0.29) is 16.7 Å². The summed E-state index contributed by atoms with van der Waals surface area (Å²) in [6.07, 6.45) is 2.12. The molecular formula is C17H34O. The molecule has 0 rings (SSSR count). The first-order valence-electron chi connectivity index (χ1n) is 7.42. The molecule has 0 aliphatic carbocycles. The van der Waals surface area contributed by atoms with Gasteiger partial charge in [0.05, 0.1) is 0 Å². The topological polar surface area (TPSA) is 17.1 Å². The van der Waals surface area contributed by atoms with E-state index in [0.29, 0.717) is 17.8 Å². The number of rotatable bonds is 5. The highest BCUT2D eigenvalue weighted by Gasteiger charge is 2.41. The molecule has 0 aliphatic rings. The lowest BCUT2D eigenvalue weighted by Gasteiger charge is -2.46. The molecule has 4 atom stereocenters. The summed E-state index contributed by atoms with van der Waals surface area (Å²) >= 11 is 0. The summed E-state index contributed by atoms with van der Waals surface area (Å²) < 4.78 is 0. The monoisotopic (exact) mass is 254 g/mol. The Balaban J connectivity index is 5.32. The van der Waals surface area contributed by atoms with Crippen molar-refractivity contribution in [3.8, 4) is 0 Å². The second-order valence-electron chi connectivity index (χ2n) is 8.11. The third kappa shape index (κ3) is 4.40. The molecule has 18 heavy (non-hydrogen) atoms. The van der Waals surface area contributed by atoms with Crippen LogP contribution in [0.15, 0.2) is 0 Å². The summed E-state index contributed by atoms with van der Waals surface area (Å²) in [6.45, 7) is 20.6. The minimum atomic E-state index is 0.194. The Hall–Kier alpha value is -0.330. The molecule has 0 aromatic rings. The molecule has 0 heterocycles. The highest BCUT2D eigenvalue weighted by atomic mass is 16.1. The van der Waals surface area contributed by atoms with Crippen molar-refractivity contribution in [2.45, 2.75) is 68.7 Å². The molecule has 0 saturated heterocycles. The van der Waals surface area contributed by atoms with Crippen LogP contribution in [0.1, 0.15) is 68.7 Å². The molecule has 0 aliphatic heterocycles. The predicted octanol–water partition coefficient (Wildman–Crippen LogP) is 5.19. The van der Waals surface area contributed by atoms with E-state index in [1.54, 1.807) is 0 Å². The Labute approximate surface area is 115 Å². The van der Waals surface area contributed by atoms with Crippen LogP contribution in [-0.4, -0.2) is 6.29 Å². The maximum Gasteiger partial charge on any atom is 0.123 e. The summed E-state index contributed by atoms with van der Waals surface area (Å²) in [5, 5.41) is 0. The average molecular weight is 254 g/mol. The Morgan fingerprint density at radius 2 is 1.39 bits per heavy atom. The van der Waals surface area contributed by atoms with Crippen molar-refractivity contribution < 1.29 is 4.79 Å². The minimum absolute atomic E-state index is 0.194. The van der Waals surface area contributed by atoms with Crippen molar-refractivity contribution in [1.29, 1.82) is 0 Å². The molecule has 0 bridgehead atoms. The molecule has 0 saturated carbocycles. The van der Waals surface area contributed by atoms with Crippen molar-refractivity contribution in [2.24, 2.45) is 34.5 Å². The van der Waals surface area contributed by atoms with Crippen LogP contribution in [-0.2, 0) is 4.79 Å². The maximum absolute atomic E-state index is 11.3. The molecule has 0 N–H and O–H groups in total. The van der Waals surface area contributed by atoms with Gasteiger partial charge >= 0.3 is 0 Å². The van der Waals surface area contributed by atoms with Gasteiger partial charge in [-0.1, -0.05) is 62.3 Å². The van der Waals surface area contributed by atoms with E-state index in [0.717, 1.165) is 6.42 Å². The van der Waals surface area contributed by atoms with Crippen LogP contribution in [0, 0.1) is 34.5 Å². The lowest BCUT2D eigenvalue weighted by molar-refractivity contribution is -0.114. The summed E-state index contributed by atoms with van der Waals surface area (Å²) in [6, 6.07) is 0. The van der Waals surface area contributed by atoms with Gasteiger partial charge in [0.2, 0.25) is 0 Å². The van der Waals surface area contributed by atoms with Crippen molar-refractivity contribution >= 4 is 6.29 Å². The lowest BCUT2D eigenvalue weighted by atomic mass is 9.58. The van der Waals surface area contributed by atoms with Crippen molar-refractivity contribution in [1.82, 2.24) is 0 Å². The summed E-state index contributed by atoms with van der Waals surface area (Å²) in [7, 11) is 0. The lowest BCUT2D eigenvalue weighted by Crippen LogP contribution is -2.41. The van der Waals surface area contributed by atoms with E-state index >= 15 is 0 Å². The zero-order valence-electron chi connectivity index (χ0n) is 14.0. The predicted molar refractivity (Wildman–Crippen MR) is 80.6 cm³/mol. The van der Waals surface area contributed by atoms with Crippen LogP contribution < -0.4 is 0 Å². The smallest absolute Gasteiger partial charge is 0.123 e. The van der Waals surface area contributed by atoms with Crippen LogP contribution in [0.4, 0.5) is 0 Å². The molecule has 0 radical (unpaired) electrons. The number of aldehydes is 1. The van der Waals surface area contributed by atoms with Gasteiger partial charge < -0.3 is 4.79 Å². The van der Waals surface area contributed by atoms with Gasteiger partial charge in [0, 0.05) is 5.92 Å². The first-order chi connectivity index (χ1) is 7.96. The van der Waals surface area contributed by atoms with Gasteiger partial charge in [0.25, 0.3) is 0 Å². The first kappa shape index (κ1) is 17.7. The van der Waals surface area contributed by atoms with E-state index in [4.69, 9.17) is 0 Å². The minimum Gasteiger partial charge on any atom is -0.303 e. The largest absolute Gasteiger partial charge is 0.303 e. The number of hydrogen-bond acceptors (Lipinski definition) is 1. The van der Waals surface area contributed by atoms with Gasteiger partial charge in [0.1, 0.15) is 6.29 Å². The molecule has 108 valence electrons. The van der Waals surface area contributed by atoms with Crippen molar-refractivity contribution in [3.05, 3.63) is 0 Å². The fourth-order valence-electron chi connectivity index (χ4n) is 3.39. The van der Waals surface area contributed by atoms with Gasteiger partial charge in [-0.2, -0.15) is 0 Å². The van der Waals surface area contributed by atoms with Crippen LogP contribution in [0.2, 0.25) is 0 Å². The van der Waals surface area contributed by atoms with Crippen molar-refractivity contribution in [3.63, 3.8) is 0 Å². The SMILES string of the molecule is CCC(C=O)C(C)C(C(C)C(C)(C)C)C(C)(C)C. The molecule has 0 amide bonds. The van der Waals surface area contributed by atoms with Gasteiger partial charge in [-0.15, -0.1) is 0 Å². The Bertz CT molecular complexity index is 254. The van der Waals surface area contributed by atoms with Crippen molar-refractivity contribution in [2.75, 3.05) is 0 Å². The molecule has 0 aromatic heterocycles. The zero-order chi connectivity index (χ0) is 14.7. The maximum atomic E-state index is 11.3. The Morgan fingerprint density at radius 1 is 0.944 bits per heavy atom. The summed E-state index contributed by atoms with van der Waals surface area (Å²) in [5.41, 5.74) is 0.524. The van der Waals surface area contributed by atoms with E-state index in [1.807, 2.05) is 0 Å². The van der Waals surface area contributed by atoms with Gasteiger partial charge in [-0.25, -0.2) is 0 Å².